The van der Waals surface area contributed by atoms with Crippen molar-refractivity contribution < 1.29 is 14.3 Å². The second kappa shape index (κ2) is 8.70. The molecular weight excluding hydrogens is 368 g/mol. The van der Waals surface area contributed by atoms with Crippen molar-refractivity contribution in [3.63, 3.8) is 0 Å². The Hall–Kier alpha value is -3.45. The summed E-state index contributed by atoms with van der Waals surface area (Å²) >= 11 is 0. The lowest BCUT2D eigenvalue weighted by atomic mass is 10.1. The van der Waals surface area contributed by atoms with Crippen molar-refractivity contribution in [1.29, 1.82) is 0 Å². The zero-order valence-corrected chi connectivity index (χ0v) is 15.9. The van der Waals surface area contributed by atoms with Gasteiger partial charge in [-0.15, -0.1) is 0 Å². The summed E-state index contributed by atoms with van der Waals surface area (Å²) in [6, 6.07) is 16.6. The van der Waals surface area contributed by atoms with Gasteiger partial charge >= 0.3 is 0 Å². The fourth-order valence-corrected chi connectivity index (χ4v) is 3.22. The number of anilines is 2. The molecule has 2 heterocycles. The third-order valence-corrected chi connectivity index (χ3v) is 4.73. The fraction of sp³-hybridized carbons (Fsp3) is 0.227. The van der Waals surface area contributed by atoms with Gasteiger partial charge in [0.15, 0.2) is 0 Å². The van der Waals surface area contributed by atoms with E-state index >= 15 is 0 Å². The van der Waals surface area contributed by atoms with Gasteiger partial charge < -0.3 is 15.4 Å². The smallest absolute Gasteiger partial charge is 0.253 e. The summed E-state index contributed by atoms with van der Waals surface area (Å²) < 4.78 is 7.14. The number of rotatable bonds is 6. The van der Waals surface area contributed by atoms with Gasteiger partial charge in [0.25, 0.3) is 5.91 Å². The van der Waals surface area contributed by atoms with Crippen molar-refractivity contribution in [2.45, 2.75) is 25.4 Å². The summed E-state index contributed by atoms with van der Waals surface area (Å²) in [5.41, 5.74) is 3.22. The molecule has 0 unspecified atom stereocenters. The molecular formula is C22H22N4O3. The van der Waals surface area contributed by atoms with Crippen molar-refractivity contribution in [3.8, 4) is 5.69 Å². The summed E-state index contributed by atoms with van der Waals surface area (Å²) in [6.07, 6.45) is 5.17. The Labute approximate surface area is 168 Å². The lowest BCUT2D eigenvalue weighted by Crippen LogP contribution is -2.26. The van der Waals surface area contributed by atoms with Gasteiger partial charge in [-0.2, -0.15) is 5.10 Å². The highest BCUT2D eigenvalue weighted by Gasteiger charge is 2.23. The molecule has 0 radical (unpaired) electrons. The van der Waals surface area contributed by atoms with Crippen LogP contribution in [-0.4, -0.2) is 34.3 Å². The van der Waals surface area contributed by atoms with Crippen LogP contribution in [-0.2, 0) is 20.7 Å². The van der Waals surface area contributed by atoms with Crippen molar-refractivity contribution in [2.24, 2.45) is 0 Å². The molecule has 1 atom stereocenters. The molecule has 2 aromatic carbocycles. The second-order valence-corrected chi connectivity index (χ2v) is 6.91. The normalized spacial score (nSPS) is 15.8. The van der Waals surface area contributed by atoms with Crippen LogP contribution in [0.2, 0.25) is 0 Å². The number of amides is 2. The Morgan fingerprint density at radius 2 is 1.76 bits per heavy atom. The minimum atomic E-state index is -0.367. The minimum absolute atomic E-state index is 0.104. The molecule has 1 fully saturated rings. The van der Waals surface area contributed by atoms with Gasteiger partial charge in [0, 0.05) is 30.4 Å². The SMILES string of the molecule is O=C(Cc1ccc(-n2cccn2)cc1)Nc1ccc(NC(=O)[C@@H]2CCCO2)cc1. The molecule has 0 spiro atoms. The second-order valence-electron chi connectivity index (χ2n) is 6.91. The Morgan fingerprint density at radius 3 is 2.38 bits per heavy atom. The summed E-state index contributed by atoms with van der Waals surface area (Å²) in [5, 5.41) is 9.90. The highest BCUT2D eigenvalue weighted by molar-refractivity contribution is 5.95. The van der Waals surface area contributed by atoms with E-state index in [4.69, 9.17) is 4.74 Å². The van der Waals surface area contributed by atoms with Crippen LogP contribution in [0.5, 0.6) is 0 Å². The Balaban J connectivity index is 1.29. The van der Waals surface area contributed by atoms with Gasteiger partial charge in [0.1, 0.15) is 6.10 Å². The van der Waals surface area contributed by atoms with E-state index in [1.54, 1.807) is 35.1 Å². The predicted molar refractivity (Wildman–Crippen MR) is 110 cm³/mol. The third-order valence-electron chi connectivity index (χ3n) is 4.73. The largest absolute Gasteiger partial charge is 0.368 e. The summed E-state index contributed by atoms with van der Waals surface area (Å²) in [7, 11) is 0. The first-order chi connectivity index (χ1) is 14.2. The molecule has 0 aliphatic carbocycles. The van der Waals surface area contributed by atoms with E-state index in [9.17, 15) is 9.59 Å². The quantitative estimate of drug-likeness (QED) is 0.677. The summed E-state index contributed by atoms with van der Waals surface area (Å²) in [6.45, 7) is 0.634. The van der Waals surface area contributed by atoms with Crippen LogP contribution in [0.1, 0.15) is 18.4 Å². The summed E-state index contributed by atoms with van der Waals surface area (Å²) in [4.78, 5) is 24.4. The molecule has 0 bridgehead atoms. The molecule has 0 saturated carbocycles. The average molecular weight is 390 g/mol. The monoisotopic (exact) mass is 390 g/mol. The Kier molecular flexibility index (Phi) is 5.67. The molecule has 1 aromatic heterocycles. The lowest BCUT2D eigenvalue weighted by Gasteiger charge is -2.11. The van der Waals surface area contributed by atoms with Crippen molar-refractivity contribution in [3.05, 3.63) is 72.6 Å². The molecule has 1 aliphatic heterocycles. The number of nitrogens with one attached hydrogen (secondary N) is 2. The first kappa shape index (κ1) is 18.9. The molecule has 1 aliphatic rings. The topological polar surface area (TPSA) is 85.3 Å². The van der Waals surface area contributed by atoms with Crippen molar-refractivity contribution >= 4 is 23.2 Å². The zero-order chi connectivity index (χ0) is 20.1. The van der Waals surface area contributed by atoms with E-state index in [2.05, 4.69) is 15.7 Å². The molecule has 2 amide bonds. The van der Waals surface area contributed by atoms with Gasteiger partial charge in [-0.05, 0) is 60.9 Å². The van der Waals surface area contributed by atoms with E-state index < -0.39 is 0 Å². The number of hydrogen-bond acceptors (Lipinski definition) is 4. The maximum atomic E-state index is 12.3. The molecule has 7 heteroatoms. The van der Waals surface area contributed by atoms with Crippen molar-refractivity contribution in [2.75, 3.05) is 17.2 Å². The molecule has 3 aromatic rings. The third kappa shape index (κ3) is 4.89. The first-order valence-corrected chi connectivity index (χ1v) is 9.59. The number of aromatic nitrogens is 2. The first-order valence-electron chi connectivity index (χ1n) is 9.59. The average Bonchev–Trinajstić information content (AvgIpc) is 3.44. The van der Waals surface area contributed by atoms with E-state index in [0.717, 1.165) is 24.1 Å². The van der Waals surface area contributed by atoms with Crippen LogP contribution >= 0.6 is 0 Å². The van der Waals surface area contributed by atoms with Crippen LogP contribution in [0.4, 0.5) is 11.4 Å². The molecule has 2 N–H and O–H groups in total. The molecule has 148 valence electrons. The van der Waals surface area contributed by atoms with Crippen LogP contribution in [0.3, 0.4) is 0 Å². The maximum Gasteiger partial charge on any atom is 0.253 e. The van der Waals surface area contributed by atoms with Gasteiger partial charge in [-0.25, -0.2) is 4.68 Å². The molecule has 29 heavy (non-hydrogen) atoms. The Bertz CT molecular complexity index is 960. The fourth-order valence-electron chi connectivity index (χ4n) is 3.22. The van der Waals surface area contributed by atoms with Gasteiger partial charge in [0.05, 0.1) is 12.1 Å². The standard InChI is InChI=1S/C22H22N4O3/c27-21(15-16-4-10-19(11-5-16)26-13-2-12-23-26)24-17-6-8-18(9-7-17)25-22(28)20-3-1-14-29-20/h2,4-13,20H,1,3,14-15H2,(H,24,27)(H,25,28)/t20-/m0/s1. The number of ether oxygens (including phenoxy) is 1. The highest BCUT2D eigenvalue weighted by Crippen LogP contribution is 2.18. The van der Waals surface area contributed by atoms with E-state index in [1.807, 2.05) is 36.5 Å². The number of nitrogens with zero attached hydrogens (tertiary/aromatic N) is 2. The minimum Gasteiger partial charge on any atom is -0.368 e. The predicted octanol–water partition coefficient (Wildman–Crippen LogP) is 3.17. The molecule has 7 nitrogen and oxygen atoms in total. The number of carbonyl (C=O) groups excluding carboxylic acids is 2. The Morgan fingerprint density at radius 1 is 1.03 bits per heavy atom. The number of carbonyl (C=O) groups is 2. The van der Waals surface area contributed by atoms with E-state index in [-0.39, 0.29) is 24.3 Å². The van der Waals surface area contributed by atoms with Crippen LogP contribution in [0, 0.1) is 0 Å². The number of hydrogen-bond donors (Lipinski definition) is 2. The van der Waals surface area contributed by atoms with Crippen molar-refractivity contribution in [1.82, 2.24) is 9.78 Å². The van der Waals surface area contributed by atoms with E-state index in [1.165, 1.54) is 0 Å². The molecule has 4 rings (SSSR count). The maximum absolute atomic E-state index is 12.3. The van der Waals surface area contributed by atoms with Gasteiger partial charge in [0.2, 0.25) is 5.91 Å². The van der Waals surface area contributed by atoms with Gasteiger partial charge in [-0.3, -0.25) is 9.59 Å². The highest BCUT2D eigenvalue weighted by atomic mass is 16.5. The summed E-state index contributed by atoms with van der Waals surface area (Å²) in [5.74, 6) is -0.231. The van der Waals surface area contributed by atoms with Crippen LogP contribution < -0.4 is 10.6 Å². The zero-order valence-electron chi connectivity index (χ0n) is 15.9. The van der Waals surface area contributed by atoms with E-state index in [0.29, 0.717) is 18.0 Å². The van der Waals surface area contributed by atoms with Gasteiger partial charge in [-0.1, -0.05) is 12.1 Å². The van der Waals surface area contributed by atoms with Crippen LogP contribution in [0.25, 0.3) is 5.69 Å². The van der Waals surface area contributed by atoms with Crippen LogP contribution in [0.15, 0.2) is 67.0 Å². The molecule has 1 saturated heterocycles. The number of benzene rings is 2. The lowest BCUT2D eigenvalue weighted by molar-refractivity contribution is -0.124.